The molecule has 1 aliphatic rings. The zero-order valence-corrected chi connectivity index (χ0v) is 21.4. The van der Waals surface area contributed by atoms with Gasteiger partial charge in [0.15, 0.2) is 11.4 Å². The second kappa shape index (κ2) is 10.5. The highest BCUT2D eigenvalue weighted by molar-refractivity contribution is 5.92. The number of ether oxygens (including phenoxy) is 1. The summed E-state index contributed by atoms with van der Waals surface area (Å²) in [5.41, 5.74) is 4.06. The topological polar surface area (TPSA) is 73.4 Å². The van der Waals surface area contributed by atoms with Crippen molar-refractivity contribution < 1.29 is 13.9 Å². The Labute approximate surface area is 221 Å². The molecule has 0 radical (unpaired) electrons. The van der Waals surface area contributed by atoms with Crippen molar-refractivity contribution in [2.45, 2.75) is 31.7 Å². The van der Waals surface area contributed by atoms with Crippen LogP contribution in [0.25, 0.3) is 22.5 Å². The summed E-state index contributed by atoms with van der Waals surface area (Å²) in [5.74, 6) is 2.81. The standard InChI is InChI=1S/C31H30N4O3/c1-37-25-12-10-23(11-13-25)27-14-15-28(38-27)31(36)34-20-17-24(18-21-34)35-29(16-9-22-6-3-2-4-7-22)33-26-8-5-19-32-30(26)35/h2-8,10-15,19,24H,9,16-18,20-21H2,1H3. The third-order valence-corrected chi connectivity index (χ3v) is 7.31. The monoisotopic (exact) mass is 506 g/mol. The number of methoxy groups -OCH3 is 1. The first kappa shape index (κ1) is 24.0. The minimum absolute atomic E-state index is 0.0684. The van der Waals surface area contributed by atoms with Crippen molar-refractivity contribution in [2.75, 3.05) is 20.2 Å². The summed E-state index contributed by atoms with van der Waals surface area (Å²) in [5, 5.41) is 0. The van der Waals surface area contributed by atoms with Gasteiger partial charge < -0.3 is 18.6 Å². The molecule has 0 aliphatic carbocycles. The molecule has 0 saturated carbocycles. The van der Waals surface area contributed by atoms with Gasteiger partial charge in [-0.3, -0.25) is 4.79 Å². The Kier molecular flexibility index (Phi) is 6.65. The van der Waals surface area contributed by atoms with Gasteiger partial charge in [-0.25, -0.2) is 9.97 Å². The highest BCUT2D eigenvalue weighted by Gasteiger charge is 2.29. The molecule has 0 spiro atoms. The van der Waals surface area contributed by atoms with E-state index in [1.54, 1.807) is 13.2 Å². The highest BCUT2D eigenvalue weighted by atomic mass is 16.5. The second-order valence-corrected chi connectivity index (χ2v) is 9.65. The second-order valence-electron chi connectivity index (χ2n) is 9.65. The largest absolute Gasteiger partial charge is 0.497 e. The fraction of sp³-hybridized carbons (Fsp3) is 0.258. The summed E-state index contributed by atoms with van der Waals surface area (Å²) >= 11 is 0. The van der Waals surface area contributed by atoms with Crippen molar-refractivity contribution in [1.82, 2.24) is 19.4 Å². The fourth-order valence-corrected chi connectivity index (χ4v) is 5.28. The molecular weight excluding hydrogens is 476 g/mol. The van der Waals surface area contributed by atoms with Gasteiger partial charge in [0.1, 0.15) is 22.9 Å². The van der Waals surface area contributed by atoms with E-state index in [9.17, 15) is 4.79 Å². The first-order valence-corrected chi connectivity index (χ1v) is 13.1. The number of amides is 1. The van der Waals surface area contributed by atoms with E-state index in [2.05, 4.69) is 33.8 Å². The molecule has 0 atom stereocenters. The number of hydrogen-bond acceptors (Lipinski definition) is 5. The van der Waals surface area contributed by atoms with Crippen molar-refractivity contribution in [1.29, 1.82) is 0 Å². The average Bonchev–Trinajstić information content (AvgIpc) is 3.62. The molecule has 1 amide bonds. The number of piperidine rings is 1. The predicted octanol–water partition coefficient (Wildman–Crippen LogP) is 5.96. The van der Waals surface area contributed by atoms with Crippen LogP contribution < -0.4 is 4.74 Å². The van der Waals surface area contributed by atoms with E-state index in [4.69, 9.17) is 14.1 Å². The quantitative estimate of drug-likeness (QED) is 0.272. The number of furan rings is 1. The van der Waals surface area contributed by atoms with Crippen LogP contribution in [0.15, 0.2) is 89.5 Å². The molecule has 192 valence electrons. The van der Waals surface area contributed by atoms with Gasteiger partial charge in [0.25, 0.3) is 5.91 Å². The zero-order valence-electron chi connectivity index (χ0n) is 21.4. The first-order chi connectivity index (χ1) is 18.7. The Balaban J connectivity index is 1.16. The molecular formula is C31H30N4O3. The van der Waals surface area contributed by atoms with E-state index in [1.807, 2.05) is 59.6 Å². The maximum absolute atomic E-state index is 13.3. The molecule has 0 unspecified atom stereocenters. The molecule has 1 saturated heterocycles. The van der Waals surface area contributed by atoms with Gasteiger partial charge in [-0.2, -0.15) is 0 Å². The van der Waals surface area contributed by atoms with Crippen molar-refractivity contribution >= 4 is 17.1 Å². The van der Waals surface area contributed by atoms with E-state index in [0.717, 1.165) is 54.0 Å². The van der Waals surface area contributed by atoms with E-state index >= 15 is 0 Å². The Morgan fingerprint density at radius 1 is 0.947 bits per heavy atom. The lowest BCUT2D eigenvalue weighted by molar-refractivity contribution is 0.0664. The molecule has 38 heavy (non-hydrogen) atoms. The average molecular weight is 507 g/mol. The van der Waals surface area contributed by atoms with Gasteiger partial charge in [-0.1, -0.05) is 30.3 Å². The van der Waals surface area contributed by atoms with Crippen molar-refractivity contribution in [3.8, 4) is 17.1 Å². The first-order valence-electron chi connectivity index (χ1n) is 13.1. The number of rotatable bonds is 7. The van der Waals surface area contributed by atoms with Crippen molar-refractivity contribution in [3.63, 3.8) is 0 Å². The van der Waals surface area contributed by atoms with Crippen LogP contribution in [0.3, 0.4) is 0 Å². The molecule has 3 aromatic heterocycles. The molecule has 6 rings (SSSR count). The number of aromatic nitrogens is 3. The van der Waals surface area contributed by atoms with E-state index in [0.29, 0.717) is 24.6 Å². The van der Waals surface area contributed by atoms with E-state index in [1.165, 1.54) is 5.56 Å². The smallest absolute Gasteiger partial charge is 0.289 e. The molecule has 5 aromatic rings. The normalized spacial score (nSPS) is 14.2. The fourth-order valence-electron chi connectivity index (χ4n) is 5.28. The van der Waals surface area contributed by atoms with Crippen molar-refractivity contribution in [3.05, 3.63) is 102 Å². The zero-order chi connectivity index (χ0) is 25.9. The lowest BCUT2D eigenvalue weighted by Crippen LogP contribution is -2.39. The molecule has 1 fully saturated rings. The summed E-state index contributed by atoms with van der Waals surface area (Å²) in [4.78, 5) is 24.8. The highest BCUT2D eigenvalue weighted by Crippen LogP contribution is 2.30. The molecule has 7 heteroatoms. The van der Waals surface area contributed by atoms with Crippen LogP contribution in [0, 0.1) is 0 Å². The Hall–Kier alpha value is -4.39. The maximum Gasteiger partial charge on any atom is 0.289 e. The van der Waals surface area contributed by atoms with Crippen LogP contribution in [0.1, 0.15) is 40.8 Å². The van der Waals surface area contributed by atoms with Gasteiger partial charge in [0, 0.05) is 37.3 Å². The van der Waals surface area contributed by atoms with E-state index in [-0.39, 0.29) is 11.9 Å². The number of carbonyl (C=O) groups is 1. The van der Waals surface area contributed by atoms with Gasteiger partial charge in [0.05, 0.1) is 7.11 Å². The van der Waals surface area contributed by atoms with Crippen LogP contribution in [0.2, 0.25) is 0 Å². The third kappa shape index (κ3) is 4.79. The van der Waals surface area contributed by atoms with Crippen molar-refractivity contribution in [2.24, 2.45) is 0 Å². The van der Waals surface area contributed by atoms with Crippen LogP contribution in [0.4, 0.5) is 0 Å². The van der Waals surface area contributed by atoms with Crippen LogP contribution in [-0.2, 0) is 12.8 Å². The number of fused-ring (bicyclic) bond motifs is 1. The summed E-state index contributed by atoms with van der Waals surface area (Å²) < 4.78 is 13.5. The molecule has 0 N–H and O–H groups in total. The Bertz CT molecular complexity index is 1530. The number of pyridine rings is 1. The molecule has 7 nitrogen and oxygen atoms in total. The number of nitrogens with zero attached hydrogens (tertiary/aromatic N) is 4. The molecule has 0 bridgehead atoms. The molecule has 2 aromatic carbocycles. The SMILES string of the molecule is COc1ccc(-c2ccc(C(=O)N3CCC(n4c(CCc5ccccc5)nc5cccnc54)CC3)o2)cc1. The third-order valence-electron chi connectivity index (χ3n) is 7.31. The van der Waals surface area contributed by atoms with Crippen LogP contribution in [-0.4, -0.2) is 45.5 Å². The summed E-state index contributed by atoms with van der Waals surface area (Å²) in [7, 11) is 1.64. The minimum Gasteiger partial charge on any atom is -0.497 e. The lowest BCUT2D eigenvalue weighted by atomic mass is 10.0. The Morgan fingerprint density at radius 2 is 1.74 bits per heavy atom. The summed E-state index contributed by atoms with van der Waals surface area (Å²) in [6.45, 7) is 1.32. The maximum atomic E-state index is 13.3. The number of likely N-dealkylation sites (tertiary alicyclic amines) is 1. The Morgan fingerprint density at radius 3 is 2.50 bits per heavy atom. The van der Waals surface area contributed by atoms with Crippen LogP contribution >= 0.6 is 0 Å². The van der Waals surface area contributed by atoms with Gasteiger partial charge >= 0.3 is 0 Å². The van der Waals surface area contributed by atoms with Gasteiger partial charge in [0.2, 0.25) is 0 Å². The molecule has 4 heterocycles. The molecule has 1 aliphatic heterocycles. The van der Waals surface area contributed by atoms with Gasteiger partial charge in [-0.05, 0) is 73.4 Å². The number of aryl methyl sites for hydroxylation is 2. The predicted molar refractivity (Wildman–Crippen MR) is 146 cm³/mol. The number of imidazole rings is 1. The summed E-state index contributed by atoms with van der Waals surface area (Å²) in [6, 6.07) is 26.0. The number of carbonyl (C=O) groups excluding carboxylic acids is 1. The van der Waals surface area contributed by atoms with Crippen LogP contribution in [0.5, 0.6) is 5.75 Å². The lowest BCUT2D eigenvalue weighted by Gasteiger charge is -2.33. The van der Waals surface area contributed by atoms with Gasteiger partial charge in [-0.15, -0.1) is 0 Å². The minimum atomic E-state index is -0.0684. The summed E-state index contributed by atoms with van der Waals surface area (Å²) in [6.07, 6.45) is 5.30. The van der Waals surface area contributed by atoms with E-state index < -0.39 is 0 Å². The number of hydrogen-bond donors (Lipinski definition) is 0. The number of benzene rings is 2.